The molecule has 0 N–H and O–H groups in total. The van der Waals surface area contributed by atoms with Crippen molar-refractivity contribution in [2.75, 3.05) is 0 Å². The molecule has 1 nitrogen and oxygen atoms in total. The molecule has 0 aliphatic carbocycles. The average molecular weight is 564 g/mol. The van der Waals surface area contributed by atoms with E-state index < -0.39 is 29.1 Å². The fraction of sp³-hybridized carbons (Fsp3) is 0. The van der Waals surface area contributed by atoms with Crippen molar-refractivity contribution in [3.8, 4) is 22.3 Å². The van der Waals surface area contributed by atoms with Gasteiger partial charge >= 0.3 is 0 Å². The Labute approximate surface area is 198 Å². The monoisotopic (exact) mass is 562 g/mol. The molecule has 32 heavy (non-hydrogen) atoms. The number of hydrogen-bond donors (Lipinski definition) is 0. The molecule has 4 aromatic rings. The van der Waals surface area contributed by atoms with Gasteiger partial charge in [0, 0.05) is 20.1 Å². The van der Waals surface area contributed by atoms with Crippen LogP contribution in [0, 0.1) is 23.3 Å². The van der Waals surface area contributed by atoms with Crippen molar-refractivity contribution in [2.24, 2.45) is 0 Å². The second-order valence-corrected chi connectivity index (χ2v) is 8.73. The molecule has 0 saturated carbocycles. The minimum absolute atomic E-state index is 0.0162. The number of ketones is 1. The van der Waals surface area contributed by atoms with Gasteiger partial charge in [-0.2, -0.15) is 0 Å². The molecule has 0 radical (unpaired) electrons. The molecule has 0 amide bonds. The van der Waals surface area contributed by atoms with Crippen molar-refractivity contribution < 1.29 is 22.4 Å². The summed E-state index contributed by atoms with van der Waals surface area (Å²) in [6, 6.07) is 15.6. The lowest BCUT2D eigenvalue weighted by Crippen LogP contribution is -2.08. The molecule has 4 rings (SSSR count). The Morgan fingerprint density at radius 1 is 0.562 bits per heavy atom. The molecule has 0 saturated heterocycles. The standard InChI is InChI=1S/C25H12Br2F4O/c26-13-7-9-15(17(11-13)23-19(28)3-1-4-20(23)29)25(32)16-10-8-14(27)12-18(16)24-21(30)5-2-6-22(24)31/h1-12H. The van der Waals surface area contributed by atoms with E-state index in [0.29, 0.717) is 8.95 Å². The van der Waals surface area contributed by atoms with Gasteiger partial charge in [-0.05, 0) is 71.8 Å². The zero-order chi connectivity index (χ0) is 23.0. The summed E-state index contributed by atoms with van der Waals surface area (Å²) >= 11 is 6.53. The fourth-order valence-electron chi connectivity index (χ4n) is 3.50. The van der Waals surface area contributed by atoms with Crippen molar-refractivity contribution >= 4 is 37.6 Å². The van der Waals surface area contributed by atoms with E-state index in [1.54, 1.807) is 12.1 Å². The van der Waals surface area contributed by atoms with Crippen LogP contribution < -0.4 is 0 Å². The summed E-state index contributed by atoms with van der Waals surface area (Å²) in [5.41, 5.74) is -0.735. The van der Waals surface area contributed by atoms with Gasteiger partial charge in [0.15, 0.2) is 5.78 Å². The third-order valence-electron chi connectivity index (χ3n) is 4.92. The van der Waals surface area contributed by atoms with Crippen LogP contribution in [0.25, 0.3) is 22.3 Å². The molecule has 0 fully saturated rings. The highest BCUT2D eigenvalue weighted by atomic mass is 79.9. The number of hydrogen-bond acceptors (Lipinski definition) is 1. The van der Waals surface area contributed by atoms with Crippen LogP contribution >= 0.6 is 31.9 Å². The Kier molecular flexibility index (Phi) is 6.31. The molecular formula is C25H12Br2F4O. The second-order valence-electron chi connectivity index (χ2n) is 6.90. The second kappa shape index (κ2) is 9.00. The van der Waals surface area contributed by atoms with Gasteiger partial charge in [-0.3, -0.25) is 4.79 Å². The van der Waals surface area contributed by atoms with Gasteiger partial charge in [0.05, 0.1) is 11.1 Å². The lowest BCUT2D eigenvalue weighted by atomic mass is 9.89. The molecule has 0 unspecified atom stereocenters. The van der Waals surface area contributed by atoms with Crippen molar-refractivity contribution in [2.45, 2.75) is 0 Å². The van der Waals surface area contributed by atoms with Crippen molar-refractivity contribution in [1.82, 2.24) is 0 Å². The zero-order valence-corrected chi connectivity index (χ0v) is 19.3. The van der Waals surface area contributed by atoms with Crippen molar-refractivity contribution in [1.29, 1.82) is 0 Å². The number of carbonyl (C=O) groups excluding carboxylic acids is 1. The average Bonchev–Trinajstić information content (AvgIpc) is 2.73. The van der Waals surface area contributed by atoms with E-state index in [1.165, 1.54) is 36.4 Å². The Morgan fingerprint density at radius 2 is 0.906 bits per heavy atom. The van der Waals surface area contributed by atoms with Crippen LogP contribution in [-0.2, 0) is 0 Å². The summed E-state index contributed by atoms with van der Waals surface area (Å²) in [6.07, 6.45) is 0. The van der Waals surface area contributed by atoms with Gasteiger partial charge in [-0.25, -0.2) is 17.6 Å². The van der Waals surface area contributed by atoms with Crippen LogP contribution in [0.4, 0.5) is 17.6 Å². The predicted molar refractivity (Wildman–Crippen MR) is 122 cm³/mol. The summed E-state index contributed by atoms with van der Waals surface area (Å²) in [4.78, 5) is 13.6. The molecule has 0 atom stereocenters. The molecule has 0 aliphatic rings. The zero-order valence-electron chi connectivity index (χ0n) is 16.1. The van der Waals surface area contributed by atoms with Crippen LogP contribution in [-0.4, -0.2) is 5.78 Å². The third kappa shape index (κ3) is 4.14. The molecule has 0 aliphatic heterocycles. The Hall–Kier alpha value is -2.77. The summed E-state index contributed by atoms with van der Waals surface area (Å²) in [5.74, 6) is -4.00. The van der Waals surface area contributed by atoms with Gasteiger partial charge in [-0.15, -0.1) is 0 Å². The molecular weight excluding hydrogens is 552 g/mol. The Morgan fingerprint density at radius 3 is 1.25 bits per heavy atom. The molecule has 0 aromatic heterocycles. The van der Waals surface area contributed by atoms with E-state index in [1.807, 2.05) is 0 Å². The number of benzene rings is 4. The molecule has 4 aromatic carbocycles. The Balaban J connectivity index is 1.97. The smallest absolute Gasteiger partial charge is 0.194 e. The summed E-state index contributed by atoms with van der Waals surface area (Å²) < 4.78 is 59.2. The number of carbonyl (C=O) groups is 1. The Bertz CT molecular complexity index is 1220. The quantitative estimate of drug-likeness (QED) is 0.180. The van der Waals surface area contributed by atoms with Gasteiger partial charge in [-0.1, -0.05) is 44.0 Å². The van der Waals surface area contributed by atoms with Gasteiger partial charge in [0.2, 0.25) is 0 Å². The lowest BCUT2D eigenvalue weighted by molar-refractivity contribution is 0.104. The van der Waals surface area contributed by atoms with Gasteiger partial charge in [0.25, 0.3) is 0 Å². The first-order valence-corrected chi connectivity index (χ1v) is 10.9. The van der Waals surface area contributed by atoms with E-state index in [9.17, 15) is 22.4 Å². The SMILES string of the molecule is O=C(c1ccc(Br)cc1-c1c(F)cccc1F)c1ccc(Br)cc1-c1c(F)cccc1F. The third-order valence-corrected chi connectivity index (χ3v) is 5.90. The molecule has 0 bridgehead atoms. The predicted octanol–water partition coefficient (Wildman–Crippen LogP) is 8.33. The first kappa shape index (κ1) is 22.4. The highest BCUT2D eigenvalue weighted by Gasteiger charge is 2.24. The first-order valence-electron chi connectivity index (χ1n) is 9.30. The lowest BCUT2D eigenvalue weighted by Gasteiger charge is -2.15. The molecule has 7 heteroatoms. The normalized spacial score (nSPS) is 10.9. The maximum atomic E-state index is 14.5. The van der Waals surface area contributed by atoms with Crippen molar-refractivity contribution in [3.63, 3.8) is 0 Å². The van der Waals surface area contributed by atoms with E-state index in [4.69, 9.17) is 0 Å². The highest BCUT2D eigenvalue weighted by molar-refractivity contribution is 9.10. The molecule has 160 valence electrons. The highest BCUT2D eigenvalue weighted by Crippen LogP contribution is 2.36. The van der Waals surface area contributed by atoms with E-state index in [-0.39, 0.29) is 33.4 Å². The van der Waals surface area contributed by atoms with E-state index in [2.05, 4.69) is 31.9 Å². The number of halogens is 6. The maximum Gasteiger partial charge on any atom is 0.194 e. The molecule has 0 spiro atoms. The summed E-state index contributed by atoms with van der Waals surface area (Å²) in [6.45, 7) is 0. The van der Waals surface area contributed by atoms with E-state index >= 15 is 0 Å². The maximum absolute atomic E-state index is 14.5. The fourth-order valence-corrected chi connectivity index (χ4v) is 4.22. The van der Waals surface area contributed by atoms with Crippen molar-refractivity contribution in [3.05, 3.63) is 116 Å². The van der Waals surface area contributed by atoms with Crippen LogP contribution in [0.3, 0.4) is 0 Å². The van der Waals surface area contributed by atoms with Gasteiger partial charge in [0.1, 0.15) is 23.3 Å². The van der Waals surface area contributed by atoms with Crippen LogP contribution in [0.5, 0.6) is 0 Å². The molecule has 0 heterocycles. The minimum Gasteiger partial charge on any atom is -0.289 e. The van der Waals surface area contributed by atoms with Crippen LogP contribution in [0.15, 0.2) is 81.7 Å². The topological polar surface area (TPSA) is 17.1 Å². The van der Waals surface area contributed by atoms with Crippen LogP contribution in [0.2, 0.25) is 0 Å². The summed E-state index contributed by atoms with van der Waals surface area (Å²) in [7, 11) is 0. The van der Waals surface area contributed by atoms with Gasteiger partial charge < -0.3 is 0 Å². The largest absolute Gasteiger partial charge is 0.289 e. The first-order chi connectivity index (χ1) is 15.3. The minimum atomic E-state index is -0.840. The number of rotatable bonds is 4. The summed E-state index contributed by atoms with van der Waals surface area (Å²) in [5, 5.41) is 0. The van der Waals surface area contributed by atoms with Crippen LogP contribution in [0.1, 0.15) is 15.9 Å². The van der Waals surface area contributed by atoms with E-state index in [0.717, 1.165) is 24.3 Å².